The Kier molecular flexibility index (Phi) is 3.08. The Bertz CT molecular complexity index is 348. The minimum absolute atomic E-state index is 0.0855. The molecule has 82 valence electrons. The van der Waals surface area contributed by atoms with Gasteiger partial charge < -0.3 is 11.1 Å². The molecular formula is C7H7F3N4O. The molecule has 8 heteroatoms. The summed E-state index contributed by atoms with van der Waals surface area (Å²) >= 11 is 0. The number of nitrogen functional groups attached to an aromatic ring is 1. The number of rotatable bonds is 2. The summed E-state index contributed by atoms with van der Waals surface area (Å²) in [6.07, 6.45) is -4.45. The number of alkyl halides is 3. The van der Waals surface area contributed by atoms with Crippen LogP contribution in [0.4, 0.5) is 19.0 Å². The number of halogens is 3. The van der Waals surface area contributed by atoms with Crippen LogP contribution in [0.3, 0.4) is 0 Å². The van der Waals surface area contributed by atoms with Crippen molar-refractivity contribution in [3.8, 4) is 0 Å². The minimum atomic E-state index is -4.45. The first-order chi connectivity index (χ1) is 6.88. The monoisotopic (exact) mass is 220 g/mol. The first-order valence-electron chi connectivity index (χ1n) is 3.82. The van der Waals surface area contributed by atoms with Crippen molar-refractivity contribution in [2.45, 2.75) is 6.18 Å². The summed E-state index contributed by atoms with van der Waals surface area (Å²) in [5, 5.41) is 8.31. The molecule has 3 N–H and O–H groups in total. The summed E-state index contributed by atoms with van der Waals surface area (Å²) in [6.45, 7) is -1.40. The number of nitrogens with two attached hydrogens (primary N) is 1. The van der Waals surface area contributed by atoms with Gasteiger partial charge >= 0.3 is 6.18 Å². The molecule has 0 spiro atoms. The molecule has 0 bridgehead atoms. The lowest BCUT2D eigenvalue weighted by molar-refractivity contribution is -0.123. The molecule has 1 heterocycles. The van der Waals surface area contributed by atoms with Crippen LogP contribution in [0, 0.1) is 0 Å². The van der Waals surface area contributed by atoms with E-state index in [0.29, 0.717) is 0 Å². The fourth-order valence-corrected chi connectivity index (χ4v) is 0.735. The maximum Gasteiger partial charge on any atom is 0.405 e. The third-order valence-electron chi connectivity index (χ3n) is 1.37. The molecule has 0 atom stereocenters. The third kappa shape index (κ3) is 3.79. The molecule has 5 nitrogen and oxygen atoms in total. The van der Waals surface area contributed by atoms with Crippen molar-refractivity contribution in [1.29, 1.82) is 0 Å². The van der Waals surface area contributed by atoms with Gasteiger partial charge in [0, 0.05) is 0 Å². The van der Waals surface area contributed by atoms with E-state index >= 15 is 0 Å². The Hall–Kier alpha value is -1.86. The highest BCUT2D eigenvalue weighted by Gasteiger charge is 2.28. The van der Waals surface area contributed by atoms with Crippen LogP contribution in [-0.4, -0.2) is 28.8 Å². The highest BCUT2D eigenvalue weighted by Crippen LogP contribution is 2.12. The van der Waals surface area contributed by atoms with Crippen LogP contribution in [0.15, 0.2) is 12.1 Å². The summed E-state index contributed by atoms with van der Waals surface area (Å²) in [7, 11) is 0. The zero-order chi connectivity index (χ0) is 11.5. The molecule has 15 heavy (non-hydrogen) atoms. The van der Waals surface area contributed by atoms with Crippen LogP contribution in [0.2, 0.25) is 0 Å². The van der Waals surface area contributed by atoms with E-state index in [9.17, 15) is 18.0 Å². The maximum absolute atomic E-state index is 11.7. The van der Waals surface area contributed by atoms with Gasteiger partial charge in [0.1, 0.15) is 12.4 Å². The molecule has 0 saturated carbocycles. The Morgan fingerprint density at radius 1 is 1.40 bits per heavy atom. The molecule has 0 fully saturated rings. The van der Waals surface area contributed by atoms with E-state index in [0.717, 1.165) is 0 Å². The van der Waals surface area contributed by atoms with Crippen LogP contribution in [0.25, 0.3) is 0 Å². The van der Waals surface area contributed by atoms with Crippen molar-refractivity contribution in [1.82, 2.24) is 15.5 Å². The summed E-state index contributed by atoms with van der Waals surface area (Å²) in [5.41, 5.74) is 4.97. The fourth-order valence-electron chi connectivity index (χ4n) is 0.735. The second-order valence-electron chi connectivity index (χ2n) is 2.64. The molecule has 1 aromatic heterocycles. The van der Waals surface area contributed by atoms with Gasteiger partial charge in [0.25, 0.3) is 5.91 Å². The molecule has 1 amide bonds. The van der Waals surface area contributed by atoms with Gasteiger partial charge in [0.05, 0.1) is 0 Å². The van der Waals surface area contributed by atoms with Gasteiger partial charge in [-0.25, -0.2) is 0 Å². The number of amides is 1. The maximum atomic E-state index is 11.7. The Morgan fingerprint density at radius 3 is 2.53 bits per heavy atom. The van der Waals surface area contributed by atoms with Gasteiger partial charge in [-0.3, -0.25) is 4.79 Å². The second kappa shape index (κ2) is 4.11. The van der Waals surface area contributed by atoms with Crippen molar-refractivity contribution in [2.75, 3.05) is 12.3 Å². The number of carbonyl (C=O) groups is 1. The largest absolute Gasteiger partial charge is 0.405 e. The highest BCUT2D eigenvalue weighted by atomic mass is 19.4. The van der Waals surface area contributed by atoms with Crippen LogP contribution in [-0.2, 0) is 0 Å². The van der Waals surface area contributed by atoms with E-state index in [1.54, 1.807) is 5.32 Å². The standard InChI is InChI=1S/C7H7F3N4O/c8-7(9,10)3-12-6(15)4-1-2-5(11)14-13-4/h1-2H,3H2,(H2,11,14)(H,12,15). The van der Waals surface area contributed by atoms with E-state index < -0.39 is 18.6 Å². The third-order valence-corrected chi connectivity index (χ3v) is 1.37. The number of carbonyl (C=O) groups excluding carboxylic acids is 1. The first kappa shape index (κ1) is 11.2. The molecule has 0 radical (unpaired) electrons. The Balaban J connectivity index is 2.58. The van der Waals surface area contributed by atoms with Crippen LogP contribution in [0.5, 0.6) is 0 Å². The number of anilines is 1. The van der Waals surface area contributed by atoms with E-state index in [1.165, 1.54) is 12.1 Å². The highest BCUT2D eigenvalue weighted by molar-refractivity contribution is 5.92. The van der Waals surface area contributed by atoms with Crippen LogP contribution in [0.1, 0.15) is 10.5 Å². The van der Waals surface area contributed by atoms with Crippen LogP contribution >= 0.6 is 0 Å². The normalized spacial score (nSPS) is 11.1. The zero-order valence-corrected chi connectivity index (χ0v) is 7.38. The minimum Gasteiger partial charge on any atom is -0.382 e. The lowest BCUT2D eigenvalue weighted by Crippen LogP contribution is -2.34. The summed E-state index contributed by atoms with van der Waals surface area (Å²) < 4.78 is 35.2. The van der Waals surface area contributed by atoms with Crippen molar-refractivity contribution in [3.63, 3.8) is 0 Å². The topological polar surface area (TPSA) is 80.9 Å². The van der Waals surface area contributed by atoms with Gasteiger partial charge in [-0.05, 0) is 12.1 Å². The Labute approximate surface area is 82.5 Å². The molecule has 1 rings (SSSR count). The van der Waals surface area contributed by atoms with E-state index in [4.69, 9.17) is 5.73 Å². The van der Waals surface area contributed by atoms with Crippen LogP contribution < -0.4 is 11.1 Å². The predicted octanol–water partition coefficient (Wildman–Crippen LogP) is 0.351. The molecule has 0 aliphatic heterocycles. The molecule has 1 aromatic rings. The number of nitrogens with one attached hydrogen (secondary N) is 1. The van der Waals surface area contributed by atoms with Gasteiger partial charge in [-0.15, -0.1) is 10.2 Å². The molecule has 0 aromatic carbocycles. The van der Waals surface area contributed by atoms with E-state index in [-0.39, 0.29) is 11.5 Å². The molecule has 0 unspecified atom stereocenters. The lowest BCUT2D eigenvalue weighted by atomic mass is 10.3. The second-order valence-corrected chi connectivity index (χ2v) is 2.64. The van der Waals surface area contributed by atoms with Crippen molar-refractivity contribution in [2.24, 2.45) is 0 Å². The van der Waals surface area contributed by atoms with Gasteiger partial charge in [-0.2, -0.15) is 13.2 Å². The molecule has 0 aliphatic carbocycles. The molecule has 0 aliphatic rings. The van der Waals surface area contributed by atoms with Gasteiger partial charge in [0.15, 0.2) is 5.69 Å². The van der Waals surface area contributed by atoms with Crippen molar-refractivity contribution < 1.29 is 18.0 Å². The fraction of sp³-hybridized carbons (Fsp3) is 0.286. The molecule has 0 saturated heterocycles. The zero-order valence-electron chi connectivity index (χ0n) is 7.38. The van der Waals surface area contributed by atoms with E-state index in [2.05, 4.69) is 10.2 Å². The average molecular weight is 220 g/mol. The quantitative estimate of drug-likeness (QED) is 0.753. The number of hydrogen-bond donors (Lipinski definition) is 2. The van der Waals surface area contributed by atoms with Gasteiger partial charge in [-0.1, -0.05) is 0 Å². The van der Waals surface area contributed by atoms with Gasteiger partial charge in [0.2, 0.25) is 0 Å². The summed E-state index contributed by atoms with van der Waals surface area (Å²) in [6, 6.07) is 2.46. The summed E-state index contributed by atoms with van der Waals surface area (Å²) in [5.74, 6) is -0.859. The van der Waals surface area contributed by atoms with Crippen molar-refractivity contribution >= 4 is 11.7 Å². The smallest absolute Gasteiger partial charge is 0.382 e. The first-order valence-corrected chi connectivity index (χ1v) is 3.82. The SMILES string of the molecule is Nc1ccc(C(=O)NCC(F)(F)F)nn1. The Morgan fingerprint density at radius 2 is 2.07 bits per heavy atom. The number of hydrogen-bond acceptors (Lipinski definition) is 4. The lowest BCUT2D eigenvalue weighted by Gasteiger charge is -2.07. The number of nitrogens with zero attached hydrogens (tertiary/aromatic N) is 2. The number of aromatic nitrogens is 2. The van der Waals surface area contributed by atoms with Crippen molar-refractivity contribution in [3.05, 3.63) is 17.8 Å². The predicted molar refractivity (Wildman–Crippen MR) is 44.8 cm³/mol. The summed E-state index contributed by atoms with van der Waals surface area (Å²) in [4.78, 5) is 11.0. The van der Waals surface area contributed by atoms with E-state index in [1.807, 2.05) is 0 Å². The average Bonchev–Trinajstić information content (AvgIpc) is 2.14. The molecular weight excluding hydrogens is 213 g/mol.